The zero-order valence-electron chi connectivity index (χ0n) is 5.92. The van der Waals surface area contributed by atoms with Crippen molar-refractivity contribution in [2.24, 2.45) is 0 Å². The molecular formula is C6H11NO2S. The second-order valence-corrected chi connectivity index (χ2v) is 3.88. The predicted molar refractivity (Wildman–Crippen MR) is 40.9 cm³/mol. The molecule has 0 heterocycles. The Morgan fingerprint density at radius 2 is 2.20 bits per heavy atom. The smallest absolute Gasteiger partial charge is 0.211 e. The van der Waals surface area contributed by atoms with E-state index in [2.05, 4.69) is 10.6 Å². The molecule has 0 saturated carbocycles. The van der Waals surface area contributed by atoms with Gasteiger partial charge in [-0.3, -0.25) is 0 Å². The third kappa shape index (κ3) is 4.36. The van der Waals surface area contributed by atoms with E-state index in [0.717, 1.165) is 0 Å². The predicted octanol–water partition coefficient (Wildman–Crippen LogP) is -0.0510. The molecule has 0 unspecified atom stereocenters. The first kappa shape index (κ1) is 9.47. The van der Waals surface area contributed by atoms with Crippen LogP contribution >= 0.6 is 0 Å². The minimum absolute atomic E-state index is 0.119. The van der Waals surface area contributed by atoms with Crippen LogP contribution in [0.5, 0.6) is 0 Å². The molecule has 0 amide bonds. The summed E-state index contributed by atoms with van der Waals surface area (Å²) in [6.45, 7) is 0. The van der Waals surface area contributed by atoms with E-state index in [-0.39, 0.29) is 5.75 Å². The Morgan fingerprint density at radius 1 is 1.60 bits per heavy atom. The van der Waals surface area contributed by atoms with E-state index < -0.39 is 10.0 Å². The van der Waals surface area contributed by atoms with Gasteiger partial charge in [0.15, 0.2) is 0 Å². The van der Waals surface area contributed by atoms with Crippen molar-refractivity contribution >= 4 is 10.0 Å². The Kier molecular flexibility index (Phi) is 4.08. The first-order chi connectivity index (χ1) is 4.62. The van der Waals surface area contributed by atoms with E-state index in [4.69, 9.17) is 6.42 Å². The molecule has 0 radical (unpaired) electrons. The molecule has 0 aromatic heterocycles. The second-order valence-electron chi connectivity index (χ2n) is 1.83. The molecule has 0 aromatic carbocycles. The SMILES string of the molecule is C#CCCCS(=O)(=O)NC. The molecule has 0 aliphatic heterocycles. The Balaban J connectivity index is 3.61. The van der Waals surface area contributed by atoms with Gasteiger partial charge in [0.2, 0.25) is 10.0 Å². The number of hydrogen-bond donors (Lipinski definition) is 1. The number of unbranched alkanes of at least 4 members (excludes halogenated alkanes) is 1. The van der Waals surface area contributed by atoms with Crippen LogP contribution in [-0.2, 0) is 10.0 Å². The summed E-state index contributed by atoms with van der Waals surface area (Å²) in [7, 11) is -1.64. The van der Waals surface area contributed by atoms with Crippen LogP contribution in [0.4, 0.5) is 0 Å². The van der Waals surface area contributed by atoms with Crippen LogP contribution in [0.15, 0.2) is 0 Å². The van der Waals surface area contributed by atoms with Crippen LogP contribution in [0.3, 0.4) is 0 Å². The molecule has 0 rings (SSSR count). The molecule has 0 aromatic rings. The van der Waals surface area contributed by atoms with Crippen molar-refractivity contribution in [2.45, 2.75) is 12.8 Å². The van der Waals surface area contributed by atoms with Gasteiger partial charge in [0, 0.05) is 6.42 Å². The van der Waals surface area contributed by atoms with Crippen molar-refractivity contribution < 1.29 is 8.42 Å². The summed E-state index contributed by atoms with van der Waals surface area (Å²) >= 11 is 0. The summed E-state index contributed by atoms with van der Waals surface area (Å²) in [5, 5.41) is 0. The van der Waals surface area contributed by atoms with Crippen molar-refractivity contribution in [2.75, 3.05) is 12.8 Å². The number of nitrogens with one attached hydrogen (secondary N) is 1. The first-order valence-corrected chi connectivity index (χ1v) is 4.62. The van der Waals surface area contributed by atoms with Crippen molar-refractivity contribution in [1.29, 1.82) is 0 Å². The van der Waals surface area contributed by atoms with Crippen molar-refractivity contribution in [3.05, 3.63) is 0 Å². The molecule has 0 spiro atoms. The Labute approximate surface area is 61.9 Å². The maximum absolute atomic E-state index is 10.7. The monoisotopic (exact) mass is 161 g/mol. The minimum Gasteiger partial charge on any atom is -0.218 e. The molecule has 4 heteroatoms. The van der Waals surface area contributed by atoms with Crippen molar-refractivity contribution in [3.8, 4) is 12.3 Å². The highest BCUT2D eigenvalue weighted by Crippen LogP contribution is 1.91. The lowest BCUT2D eigenvalue weighted by Crippen LogP contribution is -2.21. The molecule has 0 saturated heterocycles. The van der Waals surface area contributed by atoms with Crippen molar-refractivity contribution in [3.63, 3.8) is 0 Å². The van der Waals surface area contributed by atoms with Gasteiger partial charge in [0.1, 0.15) is 0 Å². The number of hydrogen-bond acceptors (Lipinski definition) is 2. The average Bonchev–Trinajstić information content (AvgIpc) is 1.89. The fourth-order valence-corrected chi connectivity index (χ4v) is 1.19. The van der Waals surface area contributed by atoms with Gasteiger partial charge in [-0.05, 0) is 13.5 Å². The van der Waals surface area contributed by atoms with E-state index in [0.29, 0.717) is 12.8 Å². The zero-order chi connectivity index (χ0) is 8.04. The number of rotatable bonds is 4. The summed E-state index contributed by atoms with van der Waals surface area (Å²) in [6.07, 6.45) is 5.98. The van der Waals surface area contributed by atoms with Crippen LogP contribution < -0.4 is 4.72 Å². The van der Waals surface area contributed by atoms with Crippen LogP contribution in [0.1, 0.15) is 12.8 Å². The molecule has 0 atom stereocenters. The first-order valence-electron chi connectivity index (χ1n) is 2.97. The summed E-state index contributed by atoms with van der Waals surface area (Å²) in [6, 6.07) is 0. The van der Waals surface area contributed by atoms with E-state index >= 15 is 0 Å². The summed E-state index contributed by atoms with van der Waals surface area (Å²) < 4.78 is 23.6. The maximum Gasteiger partial charge on any atom is 0.211 e. The van der Waals surface area contributed by atoms with Gasteiger partial charge in [0.05, 0.1) is 5.75 Å². The fraction of sp³-hybridized carbons (Fsp3) is 0.667. The Morgan fingerprint density at radius 3 is 2.60 bits per heavy atom. The molecule has 1 N–H and O–H groups in total. The number of terminal acetylenes is 1. The van der Waals surface area contributed by atoms with Gasteiger partial charge < -0.3 is 0 Å². The molecule has 58 valence electrons. The lowest BCUT2D eigenvalue weighted by atomic mass is 10.4. The van der Waals surface area contributed by atoms with Gasteiger partial charge in [-0.25, -0.2) is 13.1 Å². The van der Waals surface area contributed by atoms with Gasteiger partial charge >= 0.3 is 0 Å². The Hall–Kier alpha value is -0.530. The molecular weight excluding hydrogens is 150 g/mol. The van der Waals surface area contributed by atoms with Crippen LogP contribution in [-0.4, -0.2) is 21.2 Å². The van der Waals surface area contributed by atoms with Crippen molar-refractivity contribution in [1.82, 2.24) is 4.72 Å². The van der Waals surface area contributed by atoms with E-state index in [1.54, 1.807) is 0 Å². The third-order valence-electron chi connectivity index (χ3n) is 1.05. The highest BCUT2D eigenvalue weighted by Gasteiger charge is 2.03. The topological polar surface area (TPSA) is 46.2 Å². The summed E-state index contributed by atoms with van der Waals surface area (Å²) in [5.41, 5.74) is 0. The van der Waals surface area contributed by atoms with Gasteiger partial charge in [-0.2, -0.15) is 0 Å². The quantitative estimate of drug-likeness (QED) is 0.464. The van der Waals surface area contributed by atoms with E-state index in [1.165, 1.54) is 7.05 Å². The normalized spacial score (nSPS) is 10.8. The zero-order valence-corrected chi connectivity index (χ0v) is 6.74. The average molecular weight is 161 g/mol. The van der Waals surface area contributed by atoms with Gasteiger partial charge in [-0.15, -0.1) is 12.3 Å². The maximum atomic E-state index is 10.7. The molecule has 0 bridgehead atoms. The van der Waals surface area contributed by atoms with Gasteiger partial charge in [0.25, 0.3) is 0 Å². The molecule has 0 fully saturated rings. The van der Waals surface area contributed by atoms with Crippen LogP contribution in [0.2, 0.25) is 0 Å². The van der Waals surface area contributed by atoms with E-state index in [1.807, 2.05) is 0 Å². The molecule has 0 aliphatic rings. The standard InChI is InChI=1S/C6H11NO2S/c1-3-4-5-6-10(8,9)7-2/h1,7H,4-6H2,2H3. The highest BCUT2D eigenvalue weighted by molar-refractivity contribution is 7.89. The summed E-state index contributed by atoms with van der Waals surface area (Å²) in [5.74, 6) is 2.49. The van der Waals surface area contributed by atoms with Gasteiger partial charge in [-0.1, -0.05) is 0 Å². The third-order valence-corrected chi connectivity index (χ3v) is 2.49. The van der Waals surface area contributed by atoms with E-state index in [9.17, 15) is 8.42 Å². The molecule has 3 nitrogen and oxygen atoms in total. The molecule has 0 aliphatic carbocycles. The van der Waals surface area contributed by atoms with Crippen LogP contribution in [0, 0.1) is 12.3 Å². The minimum atomic E-state index is -3.04. The number of sulfonamides is 1. The highest BCUT2D eigenvalue weighted by atomic mass is 32.2. The largest absolute Gasteiger partial charge is 0.218 e. The lowest BCUT2D eigenvalue weighted by Gasteiger charge is -1.97. The Bertz CT molecular complexity index is 212. The fourth-order valence-electron chi connectivity index (χ4n) is 0.466. The molecule has 10 heavy (non-hydrogen) atoms. The summed E-state index contributed by atoms with van der Waals surface area (Å²) in [4.78, 5) is 0. The van der Waals surface area contributed by atoms with Crippen LogP contribution in [0.25, 0.3) is 0 Å². The second kappa shape index (κ2) is 4.31. The lowest BCUT2D eigenvalue weighted by molar-refractivity contribution is 0.586.